The minimum Gasteiger partial charge on any atom is -0.368 e. The molecule has 2 aromatic rings. The standard InChI is InChI=1S/C11H11Cl2N5OS/c1-5(20-11-16-10(14)17-18-11)9(19)15-8-3-6(12)2-7(13)4-8/h2-5H,1H3,(H,15,19)(H3,14,16,17,18). The molecule has 1 aromatic carbocycles. The number of hydrogen-bond donors (Lipinski definition) is 3. The van der Waals surface area contributed by atoms with Crippen LogP contribution in [0.25, 0.3) is 0 Å². The van der Waals surface area contributed by atoms with Crippen LogP contribution in [0.4, 0.5) is 11.6 Å². The second kappa shape index (κ2) is 6.34. The molecular formula is C11H11Cl2N5OS. The van der Waals surface area contributed by atoms with E-state index in [4.69, 9.17) is 28.9 Å². The van der Waals surface area contributed by atoms with Crippen LogP contribution in [-0.2, 0) is 4.79 Å². The van der Waals surface area contributed by atoms with Crippen molar-refractivity contribution in [2.45, 2.75) is 17.3 Å². The highest BCUT2D eigenvalue weighted by Crippen LogP contribution is 2.24. The van der Waals surface area contributed by atoms with Gasteiger partial charge < -0.3 is 11.1 Å². The van der Waals surface area contributed by atoms with Crippen molar-refractivity contribution in [1.29, 1.82) is 0 Å². The number of rotatable bonds is 4. The molecule has 9 heteroatoms. The van der Waals surface area contributed by atoms with E-state index < -0.39 is 5.25 Å². The molecule has 1 heterocycles. The first kappa shape index (κ1) is 15.0. The van der Waals surface area contributed by atoms with Crippen molar-refractivity contribution >= 4 is 52.5 Å². The van der Waals surface area contributed by atoms with Gasteiger partial charge in [0.25, 0.3) is 0 Å². The number of nitrogens with two attached hydrogens (primary N) is 1. The van der Waals surface area contributed by atoms with Gasteiger partial charge in [0.05, 0.1) is 5.25 Å². The molecule has 0 spiro atoms. The Labute approximate surface area is 129 Å². The lowest BCUT2D eigenvalue weighted by Crippen LogP contribution is -2.22. The van der Waals surface area contributed by atoms with E-state index in [1.165, 1.54) is 11.8 Å². The van der Waals surface area contributed by atoms with Crippen LogP contribution in [-0.4, -0.2) is 26.3 Å². The van der Waals surface area contributed by atoms with Crippen molar-refractivity contribution in [2.24, 2.45) is 0 Å². The van der Waals surface area contributed by atoms with Crippen LogP contribution in [0.15, 0.2) is 23.4 Å². The van der Waals surface area contributed by atoms with Crippen molar-refractivity contribution in [2.75, 3.05) is 11.1 Å². The third-order valence-corrected chi connectivity index (χ3v) is 3.66. The topological polar surface area (TPSA) is 96.7 Å². The Balaban J connectivity index is 2.00. The molecule has 1 aromatic heterocycles. The predicted octanol–water partition coefficient (Wildman–Crippen LogP) is 2.81. The van der Waals surface area contributed by atoms with Gasteiger partial charge in [-0.25, -0.2) is 5.10 Å². The summed E-state index contributed by atoms with van der Waals surface area (Å²) in [6, 6.07) is 4.83. The summed E-state index contributed by atoms with van der Waals surface area (Å²) in [5, 5.41) is 10.0. The second-order valence-electron chi connectivity index (χ2n) is 3.91. The fourth-order valence-electron chi connectivity index (χ4n) is 1.39. The molecule has 6 nitrogen and oxygen atoms in total. The van der Waals surface area contributed by atoms with Gasteiger partial charge >= 0.3 is 0 Å². The van der Waals surface area contributed by atoms with E-state index in [1.807, 2.05) is 0 Å². The molecular weight excluding hydrogens is 321 g/mol. The van der Waals surface area contributed by atoms with Gasteiger partial charge in [-0.15, -0.1) is 5.10 Å². The van der Waals surface area contributed by atoms with Gasteiger partial charge in [0.2, 0.25) is 17.0 Å². The molecule has 0 saturated heterocycles. The van der Waals surface area contributed by atoms with Gasteiger partial charge in [0.1, 0.15) is 0 Å². The summed E-state index contributed by atoms with van der Waals surface area (Å²) in [5.41, 5.74) is 5.95. The van der Waals surface area contributed by atoms with Crippen LogP contribution in [0.2, 0.25) is 10.0 Å². The SMILES string of the molecule is CC(Sc1n[nH]c(N)n1)C(=O)Nc1cc(Cl)cc(Cl)c1. The van der Waals surface area contributed by atoms with Crippen LogP contribution in [0.5, 0.6) is 0 Å². The average Bonchev–Trinajstić information content (AvgIpc) is 2.73. The Morgan fingerprint density at radius 3 is 2.60 bits per heavy atom. The molecule has 1 atom stereocenters. The molecule has 0 bridgehead atoms. The van der Waals surface area contributed by atoms with Gasteiger partial charge in [0, 0.05) is 15.7 Å². The van der Waals surface area contributed by atoms with Crippen LogP contribution in [0.1, 0.15) is 6.92 Å². The number of hydrogen-bond acceptors (Lipinski definition) is 5. The number of aromatic amines is 1. The zero-order chi connectivity index (χ0) is 14.7. The van der Waals surface area contributed by atoms with Crippen molar-refractivity contribution < 1.29 is 4.79 Å². The van der Waals surface area contributed by atoms with Crippen molar-refractivity contribution in [1.82, 2.24) is 15.2 Å². The summed E-state index contributed by atoms with van der Waals surface area (Å²) < 4.78 is 0. The van der Waals surface area contributed by atoms with Crippen LogP contribution in [0.3, 0.4) is 0 Å². The monoisotopic (exact) mass is 331 g/mol. The summed E-state index contributed by atoms with van der Waals surface area (Å²) in [6.45, 7) is 1.73. The number of anilines is 2. The van der Waals surface area contributed by atoms with Gasteiger partial charge in [-0.1, -0.05) is 35.0 Å². The first-order chi connectivity index (χ1) is 9.44. The van der Waals surface area contributed by atoms with Crippen LogP contribution >= 0.6 is 35.0 Å². The third-order valence-electron chi connectivity index (χ3n) is 2.26. The lowest BCUT2D eigenvalue weighted by molar-refractivity contribution is -0.115. The number of aromatic nitrogens is 3. The number of nitrogens with zero attached hydrogens (tertiary/aromatic N) is 2. The number of carbonyl (C=O) groups is 1. The number of halogens is 2. The zero-order valence-electron chi connectivity index (χ0n) is 10.4. The maximum Gasteiger partial charge on any atom is 0.237 e. The van der Waals surface area contributed by atoms with Gasteiger partial charge in [-0.3, -0.25) is 4.79 Å². The summed E-state index contributed by atoms with van der Waals surface area (Å²) in [5.74, 6) is -0.00145. The van der Waals surface area contributed by atoms with Gasteiger partial charge in [-0.05, 0) is 25.1 Å². The van der Waals surface area contributed by atoms with E-state index in [1.54, 1.807) is 25.1 Å². The van der Waals surface area contributed by atoms with Crippen molar-refractivity contribution in [3.05, 3.63) is 28.2 Å². The van der Waals surface area contributed by atoms with E-state index in [-0.39, 0.29) is 11.9 Å². The molecule has 106 valence electrons. The van der Waals surface area contributed by atoms with Crippen LogP contribution < -0.4 is 11.1 Å². The Morgan fingerprint density at radius 1 is 1.40 bits per heavy atom. The zero-order valence-corrected chi connectivity index (χ0v) is 12.7. The minimum atomic E-state index is -0.400. The lowest BCUT2D eigenvalue weighted by atomic mass is 10.3. The Kier molecular flexibility index (Phi) is 4.74. The maximum absolute atomic E-state index is 12.0. The van der Waals surface area contributed by atoms with E-state index in [0.717, 1.165) is 0 Å². The summed E-state index contributed by atoms with van der Waals surface area (Å²) in [4.78, 5) is 16.0. The molecule has 0 aliphatic heterocycles. The molecule has 0 radical (unpaired) electrons. The normalized spacial score (nSPS) is 12.2. The Hall–Kier alpha value is -1.44. The number of H-pyrrole nitrogens is 1. The molecule has 2 rings (SSSR count). The van der Waals surface area contributed by atoms with E-state index in [2.05, 4.69) is 20.5 Å². The molecule has 20 heavy (non-hydrogen) atoms. The smallest absolute Gasteiger partial charge is 0.237 e. The largest absolute Gasteiger partial charge is 0.368 e. The summed E-state index contributed by atoms with van der Waals surface area (Å²) in [7, 11) is 0. The second-order valence-corrected chi connectivity index (χ2v) is 6.09. The van der Waals surface area contributed by atoms with Crippen LogP contribution in [0, 0.1) is 0 Å². The molecule has 1 unspecified atom stereocenters. The number of benzene rings is 1. The third kappa shape index (κ3) is 4.03. The van der Waals surface area contributed by atoms with E-state index >= 15 is 0 Å². The number of nitrogen functional groups attached to an aromatic ring is 1. The highest BCUT2D eigenvalue weighted by atomic mass is 35.5. The molecule has 1 amide bonds. The van der Waals surface area contributed by atoms with Gasteiger partial charge in [0.15, 0.2) is 0 Å². The Bertz CT molecular complexity index is 613. The highest BCUT2D eigenvalue weighted by molar-refractivity contribution is 8.00. The molecule has 4 N–H and O–H groups in total. The number of amides is 1. The summed E-state index contributed by atoms with van der Waals surface area (Å²) >= 11 is 12.9. The predicted molar refractivity (Wildman–Crippen MR) is 81.2 cm³/mol. The molecule has 0 aliphatic carbocycles. The number of thioether (sulfide) groups is 1. The average molecular weight is 332 g/mol. The maximum atomic E-state index is 12.0. The van der Waals surface area contributed by atoms with E-state index in [9.17, 15) is 4.79 Å². The first-order valence-corrected chi connectivity index (χ1v) is 7.19. The lowest BCUT2D eigenvalue weighted by Gasteiger charge is -2.10. The quantitative estimate of drug-likeness (QED) is 0.748. The minimum absolute atomic E-state index is 0.210. The molecule has 0 saturated carbocycles. The van der Waals surface area contributed by atoms with Crippen molar-refractivity contribution in [3.8, 4) is 0 Å². The highest BCUT2D eigenvalue weighted by Gasteiger charge is 2.17. The van der Waals surface area contributed by atoms with E-state index in [0.29, 0.717) is 20.9 Å². The molecule has 0 fully saturated rings. The van der Waals surface area contributed by atoms with Crippen molar-refractivity contribution in [3.63, 3.8) is 0 Å². The number of carbonyl (C=O) groups excluding carboxylic acids is 1. The summed E-state index contributed by atoms with van der Waals surface area (Å²) in [6.07, 6.45) is 0. The van der Waals surface area contributed by atoms with Gasteiger partial charge in [-0.2, -0.15) is 4.98 Å². The molecule has 0 aliphatic rings. The first-order valence-electron chi connectivity index (χ1n) is 5.55. The fraction of sp³-hybridized carbons (Fsp3) is 0.182. The fourth-order valence-corrected chi connectivity index (χ4v) is 2.65. The Morgan fingerprint density at radius 2 is 2.05 bits per heavy atom. The number of nitrogens with one attached hydrogen (secondary N) is 2.